The summed E-state index contributed by atoms with van der Waals surface area (Å²) < 4.78 is 22.5. The summed E-state index contributed by atoms with van der Waals surface area (Å²) in [6.07, 6.45) is -14.5. The molecule has 2 fully saturated rings. The third-order valence-electron chi connectivity index (χ3n) is 7.37. The van der Waals surface area contributed by atoms with Crippen molar-refractivity contribution in [3.8, 4) is 28.6 Å². The quantitative estimate of drug-likeness (QED) is 0.169. The Morgan fingerprint density at radius 1 is 0.805 bits per heavy atom. The maximum atomic E-state index is 13.1. The molecule has 14 heteroatoms. The van der Waals surface area contributed by atoms with Gasteiger partial charge >= 0.3 is 0 Å². The second kappa shape index (κ2) is 11.2. The van der Waals surface area contributed by atoms with Gasteiger partial charge in [0, 0.05) is 17.7 Å². The van der Waals surface area contributed by atoms with Gasteiger partial charge in [0.25, 0.3) is 0 Å². The molecule has 3 aromatic rings. The lowest BCUT2D eigenvalue weighted by atomic mass is 9.89. The molecule has 41 heavy (non-hydrogen) atoms. The summed E-state index contributed by atoms with van der Waals surface area (Å²) in [6, 6.07) is 7.81. The van der Waals surface area contributed by atoms with E-state index in [2.05, 4.69) is 0 Å². The molecular weight excluding hydrogens is 548 g/mol. The number of hydrogen-bond donors (Lipinski definition) is 9. The molecule has 2 saturated heterocycles. The molecule has 1 aromatic heterocycles. The van der Waals surface area contributed by atoms with E-state index in [0.717, 1.165) is 12.1 Å². The van der Waals surface area contributed by atoms with Gasteiger partial charge in [0.15, 0.2) is 11.0 Å². The fourth-order valence-electron chi connectivity index (χ4n) is 5.02. The molecule has 0 amide bonds. The number of aromatic hydroxyl groups is 2. The monoisotopic (exact) mass is 578 g/mol. The average molecular weight is 579 g/mol. The van der Waals surface area contributed by atoms with E-state index in [9.17, 15) is 50.8 Å². The highest BCUT2D eigenvalue weighted by Crippen LogP contribution is 2.43. The van der Waals surface area contributed by atoms with Crippen molar-refractivity contribution in [2.75, 3.05) is 6.61 Å². The van der Waals surface area contributed by atoms with Crippen molar-refractivity contribution >= 4 is 11.0 Å². The van der Waals surface area contributed by atoms with Crippen molar-refractivity contribution in [2.45, 2.75) is 68.1 Å². The number of benzene rings is 2. The topological polar surface area (TPSA) is 240 Å². The second-order valence-corrected chi connectivity index (χ2v) is 10.1. The maximum Gasteiger partial charge on any atom is 0.229 e. The number of aliphatic hydroxyl groups is 7. The van der Waals surface area contributed by atoms with Crippen LogP contribution < -0.4 is 10.2 Å². The smallest absolute Gasteiger partial charge is 0.229 e. The molecule has 10 atom stereocenters. The number of phenols is 2. The third-order valence-corrected chi connectivity index (χ3v) is 7.37. The molecule has 5 rings (SSSR count). The lowest BCUT2D eigenvalue weighted by Crippen LogP contribution is -2.58. The highest BCUT2D eigenvalue weighted by Gasteiger charge is 2.46. The summed E-state index contributed by atoms with van der Waals surface area (Å²) in [5.74, 6) is -1.10. The summed E-state index contributed by atoms with van der Waals surface area (Å²) in [5, 5.41) is 91.4. The maximum absolute atomic E-state index is 13.1. The SMILES string of the molecule is C[C@@H]1O[C@@H](Oc2ccc(-c3cc(=O)c4c(O)cc(O)c([C@@H]5O[C@H](CO)[C@H](O)[C@H](O)[C@H]5O)c4o3)cc2)[C@H](O)[C@H](O)[C@H]1O. The Balaban J connectivity index is 1.51. The summed E-state index contributed by atoms with van der Waals surface area (Å²) in [5.41, 5.74) is -1.06. The molecule has 0 bridgehead atoms. The van der Waals surface area contributed by atoms with Crippen molar-refractivity contribution in [1.82, 2.24) is 0 Å². The molecule has 0 aliphatic carbocycles. The standard InChI is InChI=1S/C27H30O14/c1-9-19(32)21(34)24(37)27(38-9)39-11-4-2-10(3-5-11)15-7-14(31)17-12(29)6-13(30)18(25(17)40-15)26-23(36)22(35)20(33)16(8-28)41-26/h2-7,9,16,19-24,26-30,32-37H,8H2,1H3/t9-,16+,19-,20-,21+,22-,23+,24+,26-,27-/m0/s1. The molecule has 2 aliphatic heterocycles. The van der Waals surface area contributed by atoms with Crippen LogP contribution in [-0.4, -0.2) is 108 Å². The van der Waals surface area contributed by atoms with E-state index in [4.69, 9.17) is 18.6 Å². The van der Waals surface area contributed by atoms with E-state index in [0.29, 0.717) is 5.56 Å². The highest BCUT2D eigenvalue weighted by molar-refractivity contribution is 5.89. The minimum atomic E-state index is -1.81. The minimum Gasteiger partial charge on any atom is -0.507 e. The lowest BCUT2D eigenvalue weighted by Gasteiger charge is -2.40. The molecule has 2 aromatic carbocycles. The normalized spacial score (nSPS) is 34.0. The fraction of sp³-hybridized carbons (Fsp3) is 0.444. The zero-order chi connectivity index (χ0) is 29.7. The van der Waals surface area contributed by atoms with Crippen molar-refractivity contribution in [3.05, 3.63) is 52.2 Å². The van der Waals surface area contributed by atoms with Crippen molar-refractivity contribution in [2.24, 2.45) is 0 Å². The van der Waals surface area contributed by atoms with Gasteiger partial charge in [0.1, 0.15) is 77.2 Å². The van der Waals surface area contributed by atoms with E-state index >= 15 is 0 Å². The molecule has 0 unspecified atom stereocenters. The predicted molar refractivity (Wildman–Crippen MR) is 137 cm³/mol. The molecular formula is C27H30O14. The molecule has 3 heterocycles. The van der Waals surface area contributed by atoms with Crippen LogP contribution in [0.1, 0.15) is 18.6 Å². The molecule has 2 aliphatic rings. The zero-order valence-corrected chi connectivity index (χ0v) is 21.5. The van der Waals surface area contributed by atoms with Crippen LogP contribution in [0.2, 0.25) is 0 Å². The average Bonchev–Trinajstić information content (AvgIpc) is 2.94. The lowest BCUT2D eigenvalue weighted by molar-refractivity contribution is -0.268. The second-order valence-electron chi connectivity index (χ2n) is 10.1. The molecule has 0 saturated carbocycles. The van der Waals surface area contributed by atoms with Crippen LogP contribution in [0.25, 0.3) is 22.3 Å². The van der Waals surface area contributed by atoms with Crippen LogP contribution in [0.5, 0.6) is 17.2 Å². The van der Waals surface area contributed by atoms with Gasteiger partial charge in [-0.3, -0.25) is 4.79 Å². The van der Waals surface area contributed by atoms with Crippen LogP contribution in [0.4, 0.5) is 0 Å². The first-order chi connectivity index (χ1) is 19.4. The van der Waals surface area contributed by atoms with E-state index in [1.54, 1.807) is 0 Å². The number of hydrogen-bond acceptors (Lipinski definition) is 14. The van der Waals surface area contributed by atoms with Gasteiger partial charge in [0.2, 0.25) is 6.29 Å². The number of rotatable bonds is 5. The van der Waals surface area contributed by atoms with Gasteiger partial charge in [-0.1, -0.05) is 0 Å². The first-order valence-corrected chi connectivity index (χ1v) is 12.7. The highest BCUT2D eigenvalue weighted by atomic mass is 16.7. The molecule has 0 spiro atoms. The largest absolute Gasteiger partial charge is 0.507 e. The first-order valence-electron chi connectivity index (χ1n) is 12.7. The predicted octanol–water partition coefficient (Wildman–Crippen LogP) is -1.41. The Morgan fingerprint density at radius 2 is 1.46 bits per heavy atom. The van der Waals surface area contributed by atoms with Gasteiger partial charge in [-0.2, -0.15) is 0 Å². The van der Waals surface area contributed by atoms with E-state index in [1.165, 1.54) is 31.2 Å². The first kappa shape index (κ1) is 29.2. The van der Waals surface area contributed by atoms with Gasteiger partial charge in [-0.25, -0.2) is 0 Å². The van der Waals surface area contributed by atoms with Crippen LogP contribution in [-0.2, 0) is 9.47 Å². The molecule has 0 radical (unpaired) electrons. The Bertz CT molecular complexity index is 1450. The van der Waals surface area contributed by atoms with E-state index < -0.39 is 84.8 Å². The van der Waals surface area contributed by atoms with Crippen molar-refractivity contribution < 1.29 is 64.6 Å². The summed E-state index contributed by atoms with van der Waals surface area (Å²) in [4.78, 5) is 13.1. The third kappa shape index (κ3) is 5.14. The number of aliphatic hydroxyl groups excluding tert-OH is 7. The minimum absolute atomic E-state index is 0.0361. The molecule has 9 N–H and O–H groups in total. The van der Waals surface area contributed by atoms with Gasteiger partial charge in [-0.15, -0.1) is 0 Å². The Labute approximate surface area is 231 Å². The Hall–Kier alpha value is -3.31. The number of fused-ring (bicyclic) bond motifs is 1. The fourth-order valence-corrected chi connectivity index (χ4v) is 5.02. The summed E-state index contributed by atoms with van der Waals surface area (Å²) in [7, 11) is 0. The van der Waals surface area contributed by atoms with Gasteiger partial charge in [-0.05, 0) is 31.2 Å². The van der Waals surface area contributed by atoms with E-state index in [-0.39, 0.29) is 28.0 Å². The Kier molecular flexibility index (Phi) is 7.95. The van der Waals surface area contributed by atoms with Crippen LogP contribution in [0.3, 0.4) is 0 Å². The van der Waals surface area contributed by atoms with E-state index in [1.807, 2.05) is 0 Å². The zero-order valence-electron chi connectivity index (χ0n) is 21.5. The van der Waals surface area contributed by atoms with Crippen LogP contribution >= 0.6 is 0 Å². The van der Waals surface area contributed by atoms with Crippen molar-refractivity contribution in [3.63, 3.8) is 0 Å². The summed E-state index contributed by atoms with van der Waals surface area (Å²) >= 11 is 0. The summed E-state index contributed by atoms with van der Waals surface area (Å²) in [6.45, 7) is 0.776. The molecule has 222 valence electrons. The molecule has 14 nitrogen and oxygen atoms in total. The Morgan fingerprint density at radius 3 is 2.12 bits per heavy atom. The number of phenolic OH excluding ortho intramolecular Hbond substituents is 2. The van der Waals surface area contributed by atoms with Crippen LogP contribution in [0, 0.1) is 0 Å². The number of ether oxygens (including phenoxy) is 3. The van der Waals surface area contributed by atoms with Crippen molar-refractivity contribution in [1.29, 1.82) is 0 Å². The van der Waals surface area contributed by atoms with Gasteiger partial charge < -0.3 is 64.6 Å². The van der Waals surface area contributed by atoms with Crippen LogP contribution in [0.15, 0.2) is 45.6 Å². The van der Waals surface area contributed by atoms with Gasteiger partial charge in [0.05, 0.1) is 18.3 Å².